The van der Waals surface area contributed by atoms with Crippen LogP contribution in [-0.2, 0) is 0 Å². The van der Waals surface area contributed by atoms with Crippen LogP contribution < -0.4 is 0 Å². The highest BCUT2D eigenvalue weighted by atomic mass is 16.3. The number of rotatable bonds is 4. The Bertz CT molecular complexity index is 2730. The Morgan fingerprint density at radius 2 is 0.800 bits per heavy atom. The second kappa shape index (κ2) is 10.4. The lowest BCUT2D eigenvalue weighted by Crippen LogP contribution is -1.91. The standard InChI is InChI=1S/C44H28O/c1-3-12-29(13-4-1)31-16-11-17-33(26-31)43-35-18-7-9-20-37(35)44(38-21-10-8-19-36(38)43)34-23-25-42-40(28-34)39-27-32(22-24-41(39)45-42)30-14-5-2-6-15-30/h1-28H/i1D,3D,4D,12D,13D. The highest BCUT2D eigenvalue weighted by molar-refractivity contribution is 6.22. The maximum Gasteiger partial charge on any atom is 0.135 e. The van der Waals surface area contributed by atoms with Crippen LogP contribution in [0.1, 0.15) is 6.85 Å². The van der Waals surface area contributed by atoms with Crippen molar-refractivity contribution in [2.24, 2.45) is 0 Å². The van der Waals surface area contributed by atoms with Crippen LogP contribution >= 0.6 is 0 Å². The van der Waals surface area contributed by atoms with Gasteiger partial charge in [0.25, 0.3) is 0 Å². The molecule has 0 spiro atoms. The van der Waals surface area contributed by atoms with E-state index in [4.69, 9.17) is 11.3 Å². The first kappa shape index (κ1) is 20.9. The molecular weight excluding hydrogens is 544 g/mol. The maximum atomic E-state index is 8.61. The molecule has 1 heteroatoms. The van der Waals surface area contributed by atoms with Crippen molar-refractivity contribution < 1.29 is 11.3 Å². The Kier molecular flexibility index (Phi) is 4.81. The third-order valence-corrected chi connectivity index (χ3v) is 8.74. The Morgan fingerprint density at radius 3 is 1.42 bits per heavy atom. The van der Waals surface area contributed by atoms with Gasteiger partial charge in [0.1, 0.15) is 11.2 Å². The smallest absolute Gasteiger partial charge is 0.135 e. The van der Waals surface area contributed by atoms with Gasteiger partial charge in [0.2, 0.25) is 0 Å². The first-order valence-electron chi connectivity index (χ1n) is 17.5. The molecule has 0 aliphatic carbocycles. The second-order valence-corrected chi connectivity index (χ2v) is 11.3. The van der Waals surface area contributed by atoms with Crippen molar-refractivity contribution in [1.29, 1.82) is 0 Å². The molecule has 0 bridgehead atoms. The van der Waals surface area contributed by atoms with Crippen LogP contribution in [0.15, 0.2) is 174 Å². The lowest BCUT2D eigenvalue weighted by atomic mass is 9.85. The van der Waals surface area contributed by atoms with Gasteiger partial charge in [0.05, 0.1) is 6.85 Å². The summed E-state index contributed by atoms with van der Waals surface area (Å²) in [5.41, 5.74) is 8.87. The Labute approximate surface area is 268 Å². The molecule has 1 nitrogen and oxygen atoms in total. The summed E-state index contributed by atoms with van der Waals surface area (Å²) in [4.78, 5) is 0. The van der Waals surface area contributed by atoms with Crippen LogP contribution in [0.4, 0.5) is 0 Å². The summed E-state index contributed by atoms with van der Waals surface area (Å²) in [7, 11) is 0. The van der Waals surface area contributed by atoms with Crippen LogP contribution in [0.2, 0.25) is 0 Å². The number of hydrogen-bond acceptors (Lipinski definition) is 1. The minimum absolute atomic E-state index is 0.194. The predicted molar refractivity (Wildman–Crippen MR) is 190 cm³/mol. The van der Waals surface area contributed by atoms with E-state index in [0.717, 1.165) is 76.9 Å². The molecule has 0 saturated heterocycles. The highest BCUT2D eigenvalue weighted by Gasteiger charge is 2.18. The third-order valence-electron chi connectivity index (χ3n) is 8.74. The molecule has 0 aliphatic heterocycles. The zero-order chi connectivity index (χ0) is 34.1. The van der Waals surface area contributed by atoms with Gasteiger partial charge in [0.15, 0.2) is 0 Å². The van der Waals surface area contributed by atoms with Gasteiger partial charge in [-0.1, -0.05) is 139 Å². The van der Waals surface area contributed by atoms with Gasteiger partial charge in [-0.25, -0.2) is 0 Å². The molecule has 0 unspecified atom stereocenters. The van der Waals surface area contributed by atoms with Gasteiger partial charge in [0, 0.05) is 10.8 Å². The number of fused-ring (bicyclic) bond motifs is 5. The minimum Gasteiger partial charge on any atom is -0.456 e. The molecule has 0 atom stereocenters. The fraction of sp³-hybridized carbons (Fsp3) is 0. The summed E-state index contributed by atoms with van der Waals surface area (Å²) in [5.74, 6) is 0. The summed E-state index contributed by atoms with van der Waals surface area (Å²) in [6.45, 7) is 0. The van der Waals surface area contributed by atoms with Crippen molar-refractivity contribution in [3.8, 4) is 44.5 Å². The molecule has 0 saturated carbocycles. The highest BCUT2D eigenvalue weighted by Crippen LogP contribution is 2.45. The van der Waals surface area contributed by atoms with E-state index in [1.165, 1.54) is 0 Å². The van der Waals surface area contributed by atoms with Gasteiger partial charge in [-0.3, -0.25) is 0 Å². The lowest BCUT2D eigenvalue weighted by Gasteiger charge is -2.18. The average Bonchev–Trinajstić information content (AvgIpc) is 3.53. The van der Waals surface area contributed by atoms with Crippen LogP contribution in [0.5, 0.6) is 0 Å². The zero-order valence-corrected chi connectivity index (χ0v) is 24.2. The molecule has 0 N–H and O–H groups in total. The number of hydrogen-bond donors (Lipinski definition) is 0. The third kappa shape index (κ3) is 4.24. The van der Waals surface area contributed by atoms with E-state index in [-0.39, 0.29) is 29.7 Å². The van der Waals surface area contributed by atoms with Crippen LogP contribution in [-0.4, -0.2) is 0 Å². The van der Waals surface area contributed by atoms with Gasteiger partial charge < -0.3 is 4.42 Å². The number of benzene rings is 8. The molecule has 1 heterocycles. The second-order valence-electron chi connectivity index (χ2n) is 11.3. The van der Waals surface area contributed by atoms with Crippen molar-refractivity contribution in [3.63, 3.8) is 0 Å². The Hall–Kier alpha value is -5.92. The van der Waals surface area contributed by atoms with Crippen LogP contribution in [0.25, 0.3) is 88.0 Å². The summed E-state index contributed by atoms with van der Waals surface area (Å²) in [6, 6.07) is 46.1. The normalized spacial score (nSPS) is 13.1. The molecule has 0 aliphatic rings. The van der Waals surface area contributed by atoms with E-state index in [9.17, 15) is 0 Å². The Balaban J connectivity index is 1.28. The Morgan fingerprint density at radius 1 is 0.333 bits per heavy atom. The lowest BCUT2D eigenvalue weighted by molar-refractivity contribution is 0.669. The van der Waals surface area contributed by atoms with E-state index in [1.807, 2.05) is 42.5 Å². The fourth-order valence-electron chi connectivity index (χ4n) is 6.72. The van der Waals surface area contributed by atoms with E-state index in [0.29, 0.717) is 5.56 Å². The first-order chi connectivity index (χ1) is 24.4. The molecule has 9 aromatic rings. The predicted octanol–water partition coefficient (Wildman–Crippen LogP) is 12.6. The largest absolute Gasteiger partial charge is 0.456 e. The molecule has 45 heavy (non-hydrogen) atoms. The maximum absolute atomic E-state index is 8.61. The molecule has 8 aromatic carbocycles. The van der Waals surface area contributed by atoms with E-state index < -0.39 is 6.04 Å². The molecular formula is C44H28O. The average molecular weight is 578 g/mol. The SMILES string of the molecule is [2H]c1c([2H])c([2H])c(-c2cccc(-c3c4ccccc4c(-c4ccc5oc6ccc(-c7ccccc7)cc6c5c4)c4ccccc34)c2)c([2H])c1[2H]. The molecule has 210 valence electrons. The van der Waals surface area contributed by atoms with Crippen molar-refractivity contribution >= 4 is 43.5 Å². The van der Waals surface area contributed by atoms with Crippen molar-refractivity contribution in [3.05, 3.63) is 170 Å². The monoisotopic (exact) mass is 577 g/mol. The minimum atomic E-state index is -0.397. The van der Waals surface area contributed by atoms with Crippen molar-refractivity contribution in [1.82, 2.24) is 0 Å². The molecule has 0 fully saturated rings. The summed E-state index contributed by atoms with van der Waals surface area (Å²) in [6.07, 6.45) is 0. The molecule has 0 radical (unpaired) electrons. The fourth-order valence-corrected chi connectivity index (χ4v) is 6.72. The molecule has 0 amide bonds. The van der Waals surface area contributed by atoms with Crippen molar-refractivity contribution in [2.75, 3.05) is 0 Å². The molecule has 9 rings (SSSR count). The molecule has 1 aromatic heterocycles. The van der Waals surface area contributed by atoms with E-state index >= 15 is 0 Å². The van der Waals surface area contributed by atoms with Crippen LogP contribution in [0, 0.1) is 0 Å². The van der Waals surface area contributed by atoms with Crippen molar-refractivity contribution in [2.45, 2.75) is 0 Å². The number of furan rings is 1. The quantitative estimate of drug-likeness (QED) is 0.190. The van der Waals surface area contributed by atoms with E-state index in [2.05, 4.69) is 97.1 Å². The summed E-state index contributed by atoms with van der Waals surface area (Å²) in [5, 5.41) is 6.42. The zero-order valence-electron chi connectivity index (χ0n) is 29.2. The first-order valence-corrected chi connectivity index (χ1v) is 15.0. The summed E-state index contributed by atoms with van der Waals surface area (Å²) >= 11 is 0. The van der Waals surface area contributed by atoms with Crippen LogP contribution in [0.3, 0.4) is 0 Å². The van der Waals surface area contributed by atoms with Gasteiger partial charge in [-0.15, -0.1) is 0 Å². The van der Waals surface area contributed by atoms with Gasteiger partial charge in [-0.2, -0.15) is 0 Å². The van der Waals surface area contributed by atoms with Gasteiger partial charge >= 0.3 is 0 Å². The topological polar surface area (TPSA) is 13.1 Å². The summed E-state index contributed by atoms with van der Waals surface area (Å²) < 4.78 is 48.1. The van der Waals surface area contributed by atoms with E-state index in [1.54, 1.807) is 0 Å². The van der Waals surface area contributed by atoms with Gasteiger partial charge in [-0.05, 0) is 96.4 Å².